The quantitative estimate of drug-likeness (QED) is 0.544. The van der Waals surface area contributed by atoms with Crippen molar-refractivity contribution in [3.05, 3.63) is 23.8 Å². The molecule has 4 N–H and O–H groups in total. The van der Waals surface area contributed by atoms with E-state index in [2.05, 4.69) is 5.32 Å². The van der Waals surface area contributed by atoms with Gasteiger partial charge in [0.2, 0.25) is 11.8 Å². The molecule has 0 unspecified atom stereocenters. The van der Waals surface area contributed by atoms with Crippen LogP contribution in [0.3, 0.4) is 0 Å². The van der Waals surface area contributed by atoms with Crippen LogP contribution in [-0.4, -0.2) is 24.0 Å². The minimum Gasteiger partial charge on any atom is -0.504 e. The first kappa shape index (κ1) is 18.8. The van der Waals surface area contributed by atoms with Crippen LogP contribution >= 0.6 is 0 Å². The lowest BCUT2D eigenvalue weighted by Crippen LogP contribution is -2.22. The molecule has 0 radical (unpaired) electrons. The molecule has 1 aromatic carbocycles. The van der Waals surface area contributed by atoms with Gasteiger partial charge in [-0.2, -0.15) is 0 Å². The van der Waals surface area contributed by atoms with Crippen LogP contribution in [0, 0.1) is 0 Å². The molecule has 0 saturated carbocycles. The number of primary amides is 1. The smallest absolute Gasteiger partial charge is 0.220 e. The van der Waals surface area contributed by atoms with Crippen molar-refractivity contribution in [3.63, 3.8) is 0 Å². The molecule has 1 aromatic rings. The lowest BCUT2D eigenvalue weighted by molar-refractivity contribution is -0.121. The molecule has 0 aromatic heterocycles. The van der Waals surface area contributed by atoms with Gasteiger partial charge in [0.25, 0.3) is 0 Å². The van der Waals surface area contributed by atoms with E-state index in [1.165, 1.54) is 7.11 Å². The van der Waals surface area contributed by atoms with Crippen LogP contribution in [0.15, 0.2) is 18.2 Å². The summed E-state index contributed by atoms with van der Waals surface area (Å²) < 4.78 is 5.03. The maximum absolute atomic E-state index is 11.8. The number of aromatic hydroxyl groups is 1. The first-order chi connectivity index (χ1) is 11.0. The molecule has 0 saturated heterocycles. The second-order valence-corrected chi connectivity index (χ2v) is 5.52. The van der Waals surface area contributed by atoms with Crippen molar-refractivity contribution >= 4 is 11.8 Å². The maximum atomic E-state index is 11.8. The fraction of sp³-hybridized carbons (Fsp3) is 0.529. The van der Waals surface area contributed by atoms with Crippen molar-refractivity contribution in [3.8, 4) is 11.5 Å². The Balaban J connectivity index is 2.14. The number of hydrogen-bond donors (Lipinski definition) is 3. The third-order valence-electron chi connectivity index (χ3n) is 3.56. The molecule has 0 aliphatic rings. The van der Waals surface area contributed by atoms with Crippen LogP contribution in [0.2, 0.25) is 0 Å². The van der Waals surface area contributed by atoms with Gasteiger partial charge in [-0.1, -0.05) is 25.3 Å². The van der Waals surface area contributed by atoms with E-state index >= 15 is 0 Å². The number of rotatable bonds is 11. The Morgan fingerprint density at radius 3 is 2.43 bits per heavy atom. The number of nitrogens with two attached hydrogens (primary N) is 1. The number of phenols is 1. The summed E-state index contributed by atoms with van der Waals surface area (Å²) in [6.45, 7) is 0.411. The normalized spacial score (nSPS) is 10.3. The van der Waals surface area contributed by atoms with Gasteiger partial charge >= 0.3 is 0 Å². The first-order valence-corrected chi connectivity index (χ1v) is 7.94. The second-order valence-electron chi connectivity index (χ2n) is 5.52. The Labute approximate surface area is 137 Å². The van der Waals surface area contributed by atoms with Crippen LogP contribution in [-0.2, 0) is 16.1 Å². The zero-order valence-corrected chi connectivity index (χ0v) is 13.6. The molecule has 128 valence electrons. The zero-order chi connectivity index (χ0) is 17.1. The van der Waals surface area contributed by atoms with Crippen LogP contribution < -0.4 is 15.8 Å². The van der Waals surface area contributed by atoms with E-state index in [9.17, 15) is 14.7 Å². The molecular weight excluding hydrogens is 296 g/mol. The average molecular weight is 322 g/mol. The standard InChI is InChI=1S/C17H26N2O4/c1-23-15-11-13(9-10-14(15)20)12-19-17(22)8-6-4-2-3-5-7-16(18)21/h9-11,20H,2-8,12H2,1H3,(H2,18,21)(H,19,22). The highest BCUT2D eigenvalue weighted by molar-refractivity contribution is 5.75. The van der Waals surface area contributed by atoms with E-state index in [-0.39, 0.29) is 17.6 Å². The second kappa shape index (κ2) is 10.5. The number of benzene rings is 1. The van der Waals surface area contributed by atoms with Crippen LogP contribution in [0.1, 0.15) is 50.5 Å². The van der Waals surface area contributed by atoms with Crippen molar-refractivity contribution in [2.75, 3.05) is 7.11 Å². The fourth-order valence-corrected chi connectivity index (χ4v) is 2.24. The van der Waals surface area contributed by atoms with Crippen LogP contribution in [0.25, 0.3) is 0 Å². The van der Waals surface area contributed by atoms with Gasteiger partial charge in [0.05, 0.1) is 7.11 Å². The average Bonchev–Trinajstić information content (AvgIpc) is 2.52. The number of methoxy groups -OCH3 is 1. The predicted molar refractivity (Wildman–Crippen MR) is 88.0 cm³/mol. The summed E-state index contributed by atoms with van der Waals surface area (Å²) in [6.07, 6.45) is 5.54. The van der Waals surface area contributed by atoms with Crippen molar-refractivity contribution < 1.29 is 19.4 Å². The Morgan fingerprint density at radius 2 is 1.78 bits per heavy atom. The van der Waals surface area contributed by atoms with E-state index < -0.39 is 0 Å². The van der Waals surface area contributed by atoms with Crippen molar-refractivity contribution in [1.29, 1.82) is 0 Å². The predicted octanol–water partition coefficient (Wildman–Crippen LogP) is 2.23. The van der Waals surface area contributed by atoms with Crippen LogP contribution in [0.4, 0.5) is 0 Å². The largest absolute Gasteiger partial charge is 0.504 e. The highest BCUT2D eigenvalue weighted by Crippen LogP contribution is 2.26. The molecule has 0 aliphatic carbocycles. The summed E-state index contributed by atoms with van der Waals surface area (Å²) in [5.74, 6) is 0.232. The van der Waals surface area contributed by atoms with Gasteiger partial charge in [-0.25, -0.2) is 0 Å². The van der Waals surface area contributed by atoms with E-state index in [1.54, 1.807) is 18.2 Å². The molecule has 0 bridgehead atoms. The van der Waals surface area contributed by atoms with Gasteiger partial charge in [0, 0.05) is 19.4 Å². The third-order valence-corrected chi connectivity index (χ3v) is 3.56. The Hall–Kier alpha value is -2.24. The molecule has 0 atom stereocenters. The number of ether oxygens (including phenoxy) is 1. The molecule has 0 spiro atoms. The lowest BCUT2D eigenvalue weighted by Gasteiger charge is -2.08. The summed E-state index contributed by atoms with van der Waals surface area (Å²) >= 11 is 0. The van der Waals surface area contributed by atoms with Crippen molar-refractivity contribution in [2.45, 2.75) is 51.5 Å². The third kappa shape index (κ3) is 8.09. The fourth-order valence-electron chi connectivity index (χ4n) is 2.24. The van der Waals surface area contributed by atoms with Gasteiger partial charge in [-0.3, -0.25) is 9.59 Å². The number of nitrogens with one attached hydrogen (secondary N) is 1. The highest BCUT2D eigenvalue weighted by Gasteiger charge is 2.05. The first-order valence-electron chi connectivity index (χ1n) is 7.94. The molecule has 1 rings (SSSR count). The topological polar surface area (TPSA) is 102 Å². The summed E-state index contributed by atoms with van der Waals surface area (Å²) in [7, 11) is 1.49. The minimum absolute atomic E-state index is 0.00850. The van der Waals surface area contributed by atoms with Crippen molar-refractivity contribution in [1.82, 2.24) is 5.32 Å². The van der Waals surface area contributed by atoms with Gasteiger partial charge in [-0.05, 0) is 30.5 Å². The molecule has 0 fully saturated rings. The van der Waals surface area contributed by atoms with Crippen molar-refractivity contribution in [2.24, 2.45) is 5.73 Å². The summed E-state index contributed by atoms with van der Waals surface area (Å²) in [5.41, 5.74) is 5.94. The van der Waals surface area contributed by atoms with Crippen LogP contribution in [0.5, 0.6) is 11.5 Å². The van der Waals surface area contributed by atoms with E-state index in [0.29, 0.717) is 25.1 Å². The Morgan fingerprint density at radius 1 is 1.13 bits per heavy atom. The summed E-state index contributed by atoms with van der Waals surface area (Å²) in [5, 5.41) is 12.4. The number of carbonyl (C=O) groups excluding carboxylic acids is 2. The van der Waals surface area contributed by atoms with E-state index in [0.717, 1.165) is 37.7 Å². The van der Waals surface area contributed by atoms with Gasteiger partial charge in [0.15, 0.2) is 11.5 Å². The molecule has 2 amide bonds. The monoisotopic (exact) mass is 322 g/mol. The molecule has 6 heteroatoms. The minimum atomic E-state index is -0.254. The number of unbranched alkanes of at least 4 members (excludes halogenated alkanes) is 4. The molecule has 23 heavy (non-hydrogen) atoms. The highest BCUT2D eigenvalue weighted by atomic mass is 16.5. The Kier molecular flexibility index (Phi) is 8.57. The zero-order valence-electron chi connectivity index (χ0n) is 13.6. The van der Waals surface area contributed by atoms with Gasteiger partial charge < -0.3 is 20.9 Å². The molecular formula is C17H26N2O4. The van der Waals surface area contributed by atoms with E-state index in [4.69, 9.17) is 10.5 Å². The summed E-state index contributed by atoms with van der Waals surface area (Å²) in [4.78, 5) is 22.3. The summed E-state index contributed by atoms with van der Waals surface area (Å²) in [6, 6.07) is 5.00. The maximum Gasteiger partial charge on any atom is 0.220 e. The molecule has 0 heterocycles. The number of hydrogen-bond acceptors (Lipinski definition) is 4. The SMILES string of the molecule is COc1cc(CNC(=O)CCCCCCCC(N)=O)ccc1O. The lowest BCUT2D eigenvalue weighted by atomic mass is 10.1. The number of carbonyl (C=O) groups is 2. The van der Waals surface area contributed by atoms with Gasteiger partial charge in [-0.15, -0.1) is 0 Å². The van der Waals surface area contributed by atoms with E-state index in [1.807, 2.05) is 0 Å². The number of amides is 2. The molecule has 6 nitrogen and oxygen atoms in total. The number of phenolic OH excluding ortho intramolecular Hbond substituents is 1. The Bertz CT molecular complexity index is 517. The van der Waals surface area contributed by atoms with Gasteiger partial charge in [0.1, 0.15) is 0 Å². The molecule has 0 aliphatic heterocycles.